The van der Waals surface area contributed by atoms with Crippen molar-refractivity contribution >= 4 is 12.1 Å². The van der Waals surface area contributed by atoms with E-state index in [4.69, 9.17) is 9.47 Å². The van der Waals surface area contributed by atoms with Gasteiger partial charge in [-0.2, -0.15) is 0 Å². The van der Waals surface area contributed by atoms with Gasteiger partial charge in [-0.15, -0.1) is 13.2 Å². The molecule has 1 aromatic carbocycles. The van der Waals surface area contributed by atoms with Crippen LogP contribution in [0.2, 0.25) is 0 Å². The van der Waals surface area contributed by atoms with Crippen LogP contribution in [0.3, 0.4) is 0 Å². The van der Waals surface area contributed by atoms with Gasteiger partial charge in [0.25, 0.3) is 0 Å². The molecule has 1 fully saturated rings. The highest BCUT2D eigenvalue weighted by Gasteiger charge is 2.40. The second-order valence-electron chi connectivity index (χ2n) is 6.19. The molecule has 1 aliphatic rings. The second kappa shape index (κ2) is 9.77. The first-order chi connectivity index (χ1) is 12.5. The minimum absolute atomic E-state index is 0.126. The van der Waals surface area contributed by atoms with Crippen LogP contribution in [-0.4, -0.2) is 60.2 Å². The molecular weight excluding hydrogens is 332 g/mol. The molecule has 0 unspecified atom stereocenters. The van der Waals surface area contributed by atoms with E-state index in [1.807, 2.05) is 30.3 Å². The largest absolute Gasteiger partial charge is 0.459 e. The van der Waals surface area contributed by atoms with Gasteiger partial charge in [-0.1, -0.05) is 42.5 Å². The predicted octanol–water partition coefficient (Wildman–Crippen LogP) is 2.61. The highest BCUT2D eigenvalue weighted by Crippen LogP contribution is 2.21. The van der Waals surface area contributed by atoms with Gasteiger partial charge >= 0.3 is 12.1 Å². The Morgan fingerprint density at radius 3 is 2.42 bits per heavy atom. The van der Waals surface area contributed by atoms with Crippen molar-refractivity contribution < 1.29 is 19.1 Å². The van der Waals surface area contributed by atoms with E-state index >= 15 is 0 Å². The van der Waals surface area contributed by atoms with Crippen LogP contribution in [0.1, 0.15) is 12.5 Å². The van der Waals surface area contributed by atoms with E-state index in [1.54, 1.807) is 17.1 Å². The van der Waals surface area contributed by atoms with Crippen molar-refractivity contribution in [2.75, 3.05) is 26.2 Å². The first-order valence-corrected chi connectivity index (χ1v) is 8.63. The number of carbonyl (C=O) groups is 2. The average molecular weight is 358 g/mol. The lowest BCUT2D eigenvalue weighted by molar-refractivity contribution is -0.147. The average Bonchev–Trinajstić information content (AvgIpc) is 3.03. The number of esters is 1. The maximum absolute atomic E-state index is 12.4. The van der Waals surface area contributed by atoms with Gasteiger partial charge in [0.1, 0.15) is 12.7 Å². The topological polar surface area (TPSA) is 59.1 Å². The molecule has 6 nitrogen and oxygen atoms in total. The fraction of sp³-hybridized carbons (Fsp3) is 0.400. The van der Waals surface area contributed by atoms with Gasteiger partial charge in [0.15, 0.2) is 0 Å². The van der Waals surface area contributed by atoms with Crippen LogP contribution in [0.25, 0.3) is 0 Å². The molecule has 0 spiro atoms. The molecule has 140 valence electrons. The van der Waals surface area contributed by atoms with Crippen LogP contribution in [-0.2, 0) is 20.9 Å². The van der Waals surface area contributed by atoms with Crippen LogP contribution >= 0.6 is 0 Å². The summed E-state index contributed by atoms with van der Waals surface area (Å²) in [4.78, 5) is 27.6. The molecule has 1 aliphatic heterocycles. The zero-order valence-electron chi connectivity index (χ0n) is 15.2. The number of hydrogen-bond donors (Lipinski definition) is 0. The molecule has 0 bridgehead atoms. The third-order valence-electron chi connectivity index (χ3n) is 4.21. The summed E-state index contributed by atoms with van der Waals surface area (Å²) in [5.74, 6) is -0.364. The van der Waals surface area contributed by atoms with E-state index in [2.05, 4.69) is 18.1 Å². The molecule has 0 aliphatic carbocycles. The third kappa shape index (κ3) is 5.46. The molecule has 0 N–H and O–H groups in total. The van der Waals surface area contributed by atoms with Crippen LogP contribution in [0.5, 0.6) is 0 Å². The summed E-state index contributed by atoms with van der Waals surface area (Å²) in [6, 6.07) is 9.38. The number of carbonyl (C=O) groups excluding carboxylic acids is 2. The normalized spacial score (nSPS) is 19.2. The first-order valence-electron chi connectivity index (χ1n) is 8.63. The van der Waals surface area contributed by atoms with Crippen molar-refractivity contribution in [3.63, 3.8) is 0 Å². The zero-order chi connectivity index (χ0) is 18.9. The molecule has 1 saturated heterocycles. The summed E-state index contributed by atoms with van der Waals surface area (Å²) in [5, 5.41) is 0. The summed E-state index contributed by atoms with van der Waals surface area (Å²) in [5.41, 5.74) is 0.924. The van der Waals surface area contributed by atoms with Gasteiger partial charge in [-0.25, -0.2) is 4.79 Å². The Bertz CT molecular complexity index is 622. The minimum atomic E-state index is -0.411. The number of nitrogens with zero attached hydrogens (tertiary/aromatic N) is 2. The molecule has 2 rings (SSSR count). The van der Waals surface area contributed by atoms with E-state index in [0.29, 0.717) is 26.2 Å². The van der Waals surface area contributed by atoms with E-state index in [-0.39, 0.29) is 18.6 Å². The van der Waals surface area contributed by atoms with Crippen LogP contribution < -0.4 is 0 Å². The highest BCUT2D eigenvalue weighted by atomic mass is 16.6. The van der Waals surface area contributed by atoms with E-state index < -0.39 is 12.2 Å². The fourth-order valence-corrected chi connectivity index (χ4v) is 3.07. The molecule has 26 heavy (non-hydrogen) atoms. The quantitative estimate of drug-likeness (QED) is 0.528. The molecule has 0 saturated carbocycles. The van der Waals surface area contributed by atoms with Crippen LogP contribution in [0.4, 0.5) is 4.79 Å². The van der Waals surface area contributed by atoms with Crippen LogP contribution in [0, 0.1) is 0 Å². The van der Waals surface area contributed by atoms with Gasteiger partial charge in [-0.3, -0.25) is 9.69 Å². The van der Waals surface area contributed by atoms with Gasteiger partial charge < -0.3 is 14.4 Å². The zero-order valence-corrected chi connectivity index (χ0v) is 15.2. The smallest absolute Gasteiger partial charge is 0.410 e. The molecule has 1 amide bonds. The maximum Gasteiger partial charge on any atom is 0.410 e. The number of benzene rings is 1. The molecular formula is C20H26N2O4. The van der Waals surface area contributed by atoms with Crippen molar-refractivity contribution in [3.8, 4) is 0 Å². The molecule has 2 atom stereocenters. The van der Waals surface area contributed by atoms with Gasteiger partial charge in [-0.05, 0) is 5.56 Å². The maximum atomic E-state index is 12.4. The molecule has 1 heterocycles. The summed E-state index contributed by atoms with van der Waals surface area (Å²) in [7, 11) is 0. The number of rotatable bonds is 8. The summed E-state index contributed by atoms with van der Waals surface area (Å²) >= 11 is 0. The Morgan fingerprint density at radius 1 is 1.19 bits per heavy atom. The Morgan fingerprint density at radius 2 is 1.85 bits per heavy atom. The summed E-state index contributed by atoms with van der Waals surface area (Å²) in [6.45, 7) is 11.1. The minimum Gasteiger partial charge on any atom is -0.459 e. The van der Waals surface area contributed by atoms with Gasteiger partial charge in [0.2, 0.25) is 0 Å². The van der Waals surface area contributed by atoms with Crippen molar-refractivity contribution in [2.24, 2.45) is 0 Å². The SMILES string of the molecule is C=CCN(CC=C)[C@@H]1CN(C(=O)OCc2ccccc2)C[C@H]1OC(C)=O. The fourth-order valence-electron chi connectivity index (χ4n) is 3.07. The van der Waals surface area contributed by atoms with Crippen molar-refractivity contribution in [2.45, 2.75) is 25.7 Å². The highest BCUT2D eigenvalue weighted by molar-refractivity contribution is 5.69. The molecule has 6 heteroatoms. The Balaban J connectivity index is 2.02. The van der Waals surface area contributed by atoms with Crippen molar-refractivity contribution in [1.82, 2.24) is 9.80 Å². The van der Waals surface area contributed by atoms with Crippen LogP contribution in [0.15, 0.2) is 55.6 Å². The number of amides is 1. The predicted molar refractivity (Wildman–Crippen MR) is 99.5 cm³/mol. The molecule has 0 aromatic heterocycles. The first kappa shape index (κ1) is 19.7. The lowest BCUT2D eigenvalue weighted by Crippen LogP contribution is -2.45. The van der Waals surface area contributed by atoms with E-state index in [9.17, 15) is 9.59 Å². The van der Waals surface area contributed by atoms with Crippen molar-refractivity contribution in [3.05, 3.63) is 61.2 Å². The Kier molecular flexibility index (Phi) is 7.41. The molecule has 1 aromatic rings. The number of hydrogen-bond acceptors (Lipinski definition) is 5. The summed E-state index contributed by atoms with van der Waals surface area (Å²) in [6.07, 6.45) is 2.75. The van der Waals surface area contributed by atoms with Gasteiger partial charge in [0.05, 0.1) is 12.6 Å². The number of likely N-dealkylation sites (tertiary alicyclic amines) is 1. The Labute approximate surface area is 154 Å². The lowest BCUT2D eigenvalue weighted by atomic mass is 10.1. The standard InChI is InChI=1S/C20H26N2O4/c1-4-11-21(12-5-2)18-13-22(14-19(18)26-16(3)23)20(24)25-15-17-9-7-6-8-10-17/h4-10,18-19H,1-2,11-15H2,3H3/t18-,19-/m1/s1. The number of ether oxygens (including phenoxy) is 2. The van der Waals surface area contributed by atoms with E-state index in [0.717, 1.165) is 5.56 Å². The monoisotopic (exact) mass is 358 g/mol. The summed E-state index contributed by atoms with van der Waals surface area (Å²) < 4.78 is 10.8. The van der Waals surface area contributed by atoms with E-state index in [1.165, 1.54) is 6.92 Å². The third-order valence-corrected chi connectivity index (χ3v) is 4.21. The lowest BCUT2D eigenvalue weighted by Gasteiger charge is -2.29. The van der Waals surface area contributed by atoms with Gasteiger partial charge in [0, 0.05) is 26.6 Å². The second-order valence-corrected chi connectivity index (χ2v) is 6.19. The Hall–Kier alpha value is -2.60. The molecule has 0 radical (unpaired) electrons. The van der Waals surface area contributed by atoms with Crippen molar-refractivity contribution in [1.29, 1.82) is 0 Å².